The minimum Gasteiger partial charge on any atom is -0.389 e. The highest BCUT2D eigenvalue weighted by Gasteiger charge is 2.57. The molecule has 2 aliphatic rings. The van der Waals surface area contributed by atoms with Crippen LogP contribution >= 0.6 is 0 Å². The van der Waals surface area contributed by atoms with Crippen LogP contribution in [0.2, 0.25) is 0 Å². The highest BCUT2D eigenvalue weighted by molar-refractivity contribution is 5.95. The van der Waals surface area contributed by atoms with Crippen LogP contribution in [0.3, 0.4) is 0 Å². The fourth-order valence-electron chi connectivity index (χ4n) is 4.03. The van der Waals surface area contributed by atoms with E-state index in [1.54, 1.807) is 12.4 Å². The summed E-state index contributed by atoms with van der Waals surface area (Å²) < 4.78 is 0. The lowest BCUT2D eigenvalue weighted by Crippen LogP contribution is -2.61. The summed E-state index contributed by atoms with van der Waals surface area (Å²) in [6, 6.07) is 1.88. The van der Waals surface area contributed by atoms with E-state index in [1.807, 2.05) is 17.9 Å². The predicted molar refractivity (Wildman–Crippen MR) is 81.0 cm³/mol. The Balaban J connectivity index is 1.69. The molecule has 0 radical (unpaired) electrons. The Morgan fingerprint density at radius 1 is 1.33 bits per heavy atom. The number of amides is 1. The van der Waals surface area contributed by atoms with Crippen molar-refractivity contribution in [3.05, 3.63) is 29.6 Å². The number of rotatable bonds is 2. The zero-order valence-corrected chi connectivity index (χ0v) is 12.9. The maximum atomic E-state index is 12.6. The molecule has 114 valence electrons. The molecule has 2 heterocycles. The third-order valence-corrected chi connectivity index (χ3v) is 5.87. The Hall–Kier alpha value is -1.42. The van der Waals surface area contributed by atoms with Gasteiger partial charge in [-0.1, -0.05) is 6.92 Å². The summed E-state index contributed by atoms with van der Waals surface area (Å²) in [4.78, 5) is 18.6. The van der Waals surface area contributed by atoms with Crippen LogP contribution in [0, 0.1) is 12.3 Å². The van der Waals surface area contributed by atoms with E-state index in [1.165, 1.54) is 0 Å². The van der Waals surface area contributed by atoms with Crippen molar-refractivity contribution >= 4 is 5.91 Å². The number of aliphatic hydroxyl groups is 1. The molecule has 1 aromatic heterocycles. The summed E-state index contributed by atoms with van der Waals surface area (Å²) in [5.41, 5.74) is 1.24. The SMILES string of the molecule is CCC1(O)CCC12CCN(C(=O)c1cnccc1C)CC2. The number of nitrogens with zero attached hydrogens (tertiary/aromatic N) is 2. The number of piperidine rings is 1. The second-order valence-electron chi connectivity index (χ2n) is 6.65. The summed E-state index contributed by atoms with van der Waals surface area (Å²) in [6.45, 7) is 5.50. The second-order valence-corrected chi connectivity index (χ2v) is 6.65. The molecule has 1 amide bonds. The van der Waals surface area contributed by atoms with E-state index >= 15 is 0 Å². The summed E-state index contributed by atoms with van der Waals surface area (Å²) in [5.74, 6) is 0.0785. The first-order valence-corrected chi connectivity index (χ1v) is 7.94. The van der Waals surface area contributed by atoms with Crippen molar-refractivity contribution in [2.75, 3.05) is 13.1 Å². The van der Waals surface area contributed by atoms with Crippen molar-refractivity contribution in [1.82, 2.24) is 9.88 Å². The van der Waals surface area contributed by atoms with Gasteiger partial charge in [-0.25, -0.2) is 0 Å². The molecule has 3 rings (SSSR count). The van der Waals surface area contributed by atoms with Crippen LogP contribution in [0.1, 0.15) is 54.9 Å². The number of aromatic nitrogens is 1. The molecule has 1 unspecified atom stereocenters. The summed E-state index contributed by atoms with van der Waals surface area (Å²) in [7, 11) is 0. The van der Waals surface area contributed by atoms with Crippen LogP contribution in [0.15, 0.2) is 18.5 Å². The van der Waals surface area contributed by atoms with E-state index in [0.717, 1.165) is 50.8 Å². The van der Waals surface area contributed by atoms with Crippen LogP contribution in [0.5, 0.6) is 0 Å². The normalized spacial score (nSPS) is 27.5. The zero-order valence-electron chi connectivity index (χ0n) is 12.9. The van der Waals surface area contributed by atoms with Gasteiger partial charge in [0.15, 0.2) is 0 Å². The van der Waals surface area contributed by atoms with Gasteiger partial charge < -0.3 is 10.0 Å². The Bertz CT molecular complexity index is 545. The van der Waals surface area contributed by atoms with Crippen LogP contribution in [-0.2, 0) is 0 Å². The molecule has 1 aromatic rings. The molecule has 21 heavy (non-hydrogen) atoms. The highest BCUT2D eigenvalue weighted by atomic mass is 16.3. The van der Waals surface area contributed by atoms with Gasteiger partial charge in [0, 0.05) is 30.9 Å². The number of carbonyl (C=O) groups excluding carboxylic acids is 1. The van der Waals surface area contributed by atoms with E-state index in [0.29, 0.717) is 5.56 Å². The number of carbonyl (C=O) groups is 1. The molecule has 1 aliphatic heterocycles. The van der Waals surface area contributed by atoms with Gasteiger partial charge in [-0.05, 0) is 50.7 Å². The van der Waals surface area contributed by atoms with Crippen LogP contribution < -0.4 is 0 Å². The first kappa shape index (κ1) is 14.5. The standard InChI is InChI=1S/C17H24N2O2/c1-3-17(21)6-5-16(17)7-10-19(11-8-16)15(20)14-12-18-9-4-13(14)2/h4,9,12,21H,3,5-8,10-11H2,1-2H3. The molecule has 1 saturated carbocycles. The molecule has 1 atom stereocenters. The van der Waals surface area contributed by atoms with Crippen molar-refractivity contribution < 1.29 is 9.90 Å². The average Bonchev–Trinajstić information content (AvgIpc) is 2.53. The number of pyridine rings is 1. The average molecular weight is 288 g/mol. The van der Waals surface area contributed by atoms with Gasteiger partial charge in [0.2, 0.25) is 0 Å². The fraction of sp³-hybridized carbons (Fsp3) is 0.647. The van der Waals surface area contributed by atoms with Crippen LogP contribution in [0.4, 0.5) is 0 Å². The van der Waals surface area contributed by atoms with Gasteiger partial charge in [0.1, 0.15) is 0 Å². The minimum atomic E-state index is -0.494. The van der Waals surface area contributed by atoms with E-state index in [2.05, 4.69) is 11.9 Å². The van der Waals surface area contributed by atoms with Crippen molar-refractivity contribution in [2.24, 2.45) is 5.41 Å². The maximum Gasteiger partial charge on any atom is 0.255 e. The van der Waals surface area contributed by atoms with Gasteiger partial charge in [-0.2, -0.15) is 0 Å². The predicted octanol–water partition coefficient (Wildman–Crippen LogP) is 2.55. The van der Waals surface area contributed by atoms with E-state index < -0.39 is 5.60 Å². The smallest absolute Gasteiger partial charge is 0.255 e. The molecule has 0 aromatic carbocycles. The third kappa shape index (κ3) is 2.16. The first-order valence-electron chi connectivity index (χ1n) is 7.94. The maximum absolute atomic E-state index is 12.6. The molecule has 1 N–H and O–H groups in total. The van der Waals surface area contributed by atoms with Gasteiger partial charge in [-0.15, -0.1) is 0 Å². The quantitative estimate of drug-likeness (QED) is 0.910. The summed E-state index contributed by atoms with van der Waals surface area (Å²) >= 11 is 0. The molecule has 1 saturated heterocycles. The van der Waals surface area contributed by atoms with Gasteiger partial charge in [0.25, 0.3) is 5.91 Å². The zero-order chi connectivity index (χ0) is 15.1. The van der Waals surface area contributed by atoms with Crippen molar-refractivity contribution in [3.63, 3.8) is 0 Å². The largest absolute Gasteiger partial charge is 0.389 e. The van der Waals surface area contributed by atoms with Crippen molar-refractivity contribution in [3.8, 4) is 0 Å². The van der Waals surface area contributed by atoms with Crippen LogP contribution in [-0.4, -0.2) is 39.6 Å². The minimum absolute atomic E-state index is 0.0580. The molecular weight excluding hydrogens is 264 g/mol. The highest BCUT2D eigenvalue weighted by Crippen LogP contribution is 2.57. The molecular formula is C17H24N2O2. The lowest BCUT2D eigenvalue weighted by molar-refractivity contribution is -0.188. The van der Waals surface area contributed by atoms with Gasteiger partial charge in [-0.3, -0.25) is 9.78 Å². The first-order chi connectivity index (χ1) is 10.0. The lowest BCUT2D eigenvalue weighted by Gasteiger charge is -2.59. The van der Waals surface area contributed by atoms with E-state index in [9.17, 15) is 9.90 Å². The van der Waals surface area contributed by atoms with Crippen molar-refractivity contribution in [1.29, 1.82) is 0 Å². The molecule has 4 nitrogen and oxygen atoms in total. The number of likely N-dealkylation sites (tertiary alicyclic amines) is 1. The molecule has 1 spiro atoms. The van der Waals surface area contributed by atoms with Crippen molar-refractivity contribution in [2.45, 2.75) is 51.6 Å². The second kappa shape index (κ2) is 5.09. The molecule has 4 heteroatoms. The topological polar surface area (TPSA) is 53.4 Å². The Morgan fingerprint density at radius 3 is 2.57 bits per heavy atom. The Kier molecular flexibility index (Phi) is 3.52. The Labute approximate surface area is 126 Å². The number of aryl methyl sites for hydroxylation is 1. The fourth-order valence-corrected chi connectivity index (χ4v) is 4.03. The lowest BCUT2D eigenvalue weighted by atomic mass is 9.51. The summed E-state index contributed by atoms with van der Waals surface area (Å²) in [6.07, 6.45) is 8.05. The summed E-state index contributed by atoms with van der Waals surface area (Å²) in [5, 5.41) is 10.7. The van der Waals surface area contributed by atoms with Gasteiger partial charge >= 0.3 is 0 Å². The number of hydrogen-bond donors (Lipinski definition) is 1. The third-order valence-electron chi connectivity index (χ3n) is 5.87. The monoisotopic (exact) mass is 288 g/mol. The molecule has 2 fully saturated rings. The van der Waals surface area contributed by atoms with E-state index in [4.69, 9.17) is 0 Å². The van der Waals surface area contributed by atoms with Crippen LogP contribution in [0.25, 0.3) is 0 Å². The van der Waals surface area contributed by atoms with Gasteiger partial charge in [0.05, 0.1) is 11.2 Å². The number of hydrogen-bond acceptors (Lipinski definition) is 3. The van der Waals surface area contributed by atoms with E-state index in [-0.39, 0.29) is 11.3 Å². The molecule has 1 aliphatic carbocycles. The molecule has 0 bridgehead atoms. The Morgan fingerprint density at radius 2 is 2.05 bits per heavy atom.